The van der Waals surface area contributed by atoms with Crippen LogP contribution in [0.15, 0.2) is 10.5 Å². The Bertz CT molecular complexity index is 369. The summed E-state index contributed by atoms with van der Waals surface area (Å²) >= 11 is 2.91. The minimum absolute atomic E-state index is 0.0737. The quantitative estimate of drug-likeness (QED) is 0.595. The Labute approximate surface area is 88.1 Å². The smallest absolute Gasteiger partial charge is 0.343 e. The first-order valence-electron chi connectivity index (χ1n) is 3.60. The summed E-state index contributed by atoms with van der Waals surface area (Å²) in [5.41, 5.74) is 10.6. The van der Waals surface area contributed by atoms with Gasteiger partial charge in [0, 0.05) is 0 Å². The molecule has 1 rings (SSSR count). The molecule has 0 aliphatic heterocycles. The van der Waals surface area contributed by atoms with E-state index < -0.39 is 11.8 Å². The zero-order valence-electron chi connectivity index (χ0n) is 7.30. The molecular formula is C8H8BrFN2O2. The Morgan fingerprint density at radius 2 is 2.14 bits per heavy atom. The highest BCUT2D eigenvalue weighted by atomic mass is 79.9. The molecule has 4 N–H and O–H groups in total. The number of ether oxygens (including phenoxy) is 1. The molecule has 76 valence electrons. The van der Waals surface area contributed by atoms with E-state index in [0.717, 1.165) is 7.11 Å². The lowest BCUT2D eigenvalue weighted by Crippen LogP contribution is -2.11. The Balaban J connectivity index is 3.47. The predicted octanol–water partition coefficient (Wildman–Crippen LogP) is 1.54. The van der Waals surface area contributed by atoms with Crippen molar-refractivity contribution in [3.63, 3.8) is 0 Å². The molecular weight excluding hydrogens is 255 g/mol. The number of nitrogen functional groups attached to an aromatic ring is 2. The van der Waals surface area contributed by atoms with Gasteiger partial charge in [-0.3, -0.25) is 0 Å². The predicted molar refractivity (Wildman–Crippen MR) is 54.3 cm³/mol. The van der Waals surface area contributed by atoms with E-state index in [1.165, 1.54) is 6.07 Å². The zero-order chi connectivity index (χ0) is 10.9. The Kier molecular flexibility index (Phi) is 2.95. The molecule has 0 fully saturated rings. The lowest BCUT2D eigenvalue weighted by atomic mass is 10.1. The van der Waals surface area contributed by atoms with Crippen molar-refractivity contribution in [3.05, 3.63) is 21.9 Å². The number of carbonyl (C=O) groups excluding carboxylic acids is 1. The molecule has 0 aliphatic rings. The number of esters is 1. The van der Waals surface area contributed by atoms with Crippen LogP contribution in [0.3, 0.4) is 0 Å². The van der Waals surface area contributed by atoms with E-state index in [0.29, 0.717) is 0 Å². The van der Waals surface area contributed by atoms with Gasteiger partial charge >= 0.3 is 5.97 Å². The monoisotopic (exact) mass is 262 g/mol. The molecule has 0 atom stereocenters. The molecule has 0 saturated heterocycles. The summed E-state index contributed by atoms with van der Waals surface area (Å²) in [7, 11) is 1.14. The summed E-state index contributed by atoms with van der Waals surface area (Å²) in [5, 5.41) is 0. The van der Waals surface area contributed by atoms with Crippen molar-refractivity contribution >= 4 is 33.3 Å². The first-order valence-corrected chi connectivity index (χ1v) is 4.39. The van der Waals surface area contributed by atoms with Crippen LogP contribution < -0.4 is 11.5 Å². The molecule has 0 aromatic heterocycles. The third-order valence-electron chi connectivity index (χ3n) is 1.68. The van der Waals surface area contributed by atoms with Gasteiger partial charge in [0.1, 0.15) is 5.56 Å². The van der Waals surface area contributed by atoms with Gasteiger partial charge < -0.3 is 16.2 Å². The van der Waals surface area contributed by atoms with Crippen molar-refractivity contribution in [2.24, 2.45) is 0 Å². The van der Waals surface area contributed by atoms with Gasteiger partial charge in [0.25, 0.3) is 0 Å². The zero-order valence-corrected chi connectivity index (χ0v) is 8.89. The fraction of sp³-hybridized carbons (Fsp3) is 0.125. The Morgan fingerprint density at radius 3 is 2.64 bits per heavy atom. The van der Waals surface area contributed by atoms with Gasteiger partial charge in [0.05, 0.1) is 23.0 Å². The fourth-order valence-corrected chi connectivity index (χ4v) is 1.41. The van der Waals surface area contributed by atoms with Crippen LogP contribution in [0.4, 0.5) is 15.8 Å². The van der Waals surface area contributed by atoms with Crippen molar-refractivity contribution < 1.29 is 13.9 Å². The number of rotatable bonds is 1. The number of nitrogens with two attached hydrogens (primary N) is 2. The second-order valence-electron chi connectivity index (χ2n) is 2.54. The second kappa shape index (κ2) is 3.83. The van der Waals surface area contributed by atoms with Crippen LogP contribution >= 0.6 is 15.9 Å². The first kappa shape index (κ1) is 10.8. The average Bonchev–Trinajstić information content (AvgIpc) is 2.15. The lowest BCUT2D eigenvalue weighted by Gasteiger charge is -2.08. The summed E-state index contributed by atoms with van der Waals surface area (Å²) < 4.78 is 17.8. The third kappa shape index (κ3) is 1.65. The summed E-state index contributed by atoms with van der Waals surface area (Å²) in [6.45, 7) is 0. The molecule has 1 aromatic carbocycles. The highest BCUT2D eigenvalue weighted by Crippen LogP contribution is 2.30. The van der Waals surface area contributed by atoms with Crippen LogP contribution in [0.2, 0.25) is 0 Å². The molecule has 0 heterocycles. The van der Waals surface area contributed by atoms with Gasteiger partial charge in [0.15, 0.2) is 5.82 Å². The van der Waals surface area contributed by atoms with Crippen LogP contribution in [-0.2, 0) is 4.74 Å². The summed E-state index contributed by atoms with van der Waals surface area (Å²) in [5.74, 6) is -1.63. The van der Waals surface area contributed by atoms with Crippen molar-refractivity contribution in [1.82, 2.24) is 0 Å². The Hall–Kier alpha value is -1.30. The van der Waals surface area contributed by atoms with Gasteiger partial charge in [0.2, 0.25) is 0 Å². The van der Waals surface area contributed by atoms with E-state index in [4.69, 9.17) is 11.5 Å². The fourth-order valence-electron chi connectivity index (χ4n) is 0.961. The molecule has 4 nitrogen and oxygen atoms in total. The number of benzene rings is 1. The highest BCUT2D eigenvalue weighted by Gasteiger charge is 2.20. The summed E-state index contributed by atoms with van der Waals surface area (Å²) in [6, 6.07) is 1.29. The lowest BCUT2D eigenvalue weighted by molar-refractivity contribution is 0.0596. The molecule has 1 aromatic rings. The SMILES string of the molecule is COC(=O)c1c(N)c(N)cc(Br)c1F. The van der Waals surface area contributed by atoms with Crippen molar-refractivity contribution in [3.8, 4) is 0 Å². The molecule has 0 radical (unpaired) electrons. The van der Waals surface area contributed by atoms with Gasteiger partial charge in [-0.05, 0) is 22.0 Å². The molecule has 0 unspecified atom stereocenters. The number of halogens is 2. The highest BCUT2D eigenvalue weighted by molar-refractivity contribution is 9.10. The first-order chi connectivity index (χ1) is 6.49. The topological polar surface area (TPSA) is 78.3 Å². The van der Waals surface area contributed by atoms with Crippen LogP contribution in [0.5, 0.6) is 0 Å². The minimum atomic E-state index is -0.854. The van der Waals surface area contributed by atoms with Crippen molar-refractivity contribution in [2.45, 2.75) is 0 Å². The number of methoxy groups -OCH3 is 1. The molecule has 14 heavy (non-hydrogen) atoms. The van der Waals surface area contributed by atoms with Crippen LogP contribution in [0.25, 0.3) is 0 Å². The Morgan fingerprint density at radius 1 is 1.57 bits per heavy atom. The third-order valence-corrected chi connectivity index (χ3v) is 2.26. The summed E-state index contributed by atoms with van der Waals surface area (Å²) in [4.78, 5) is 11.1. The largest absolute Gasteiger partial charge is 0.465 e. The maximum atomic E-state index is 13.4. The van der Waals surface area contributed by atoms with Crippen molar-refractivity contribution in [2.75, 3.05) is 18.6 Å². The van der Waals surface area contributed by atoms with Crippen LogP contribution in [0.1, 0.15) is 10.4 Å². The van der Waals surface area contributed by atoms with Gasteiger partial charge in [-0.15, -0.1) is 0 Å². The second-order valence-corrected chi connectivity index (χ2v) is 3.40. The molecule has 0 aliphatic carbocycles. The minimum Gasteiger partial charge on any atom is -0.465 e. The molecule has 0 bridgehead atoms. The maximum Gasteiger partial charge on any atom is 0.343 e. The number of hydrogen-bond acceptors (Lipinski definition) is 4. The molecule has 0 amide bonds. The maximum absolute atomic E-state index is 13.4. The molecule has 0 saturated carbocycles. The van der Waals surface area contributed by atoms with Gasteiger partial charge in [-0.1, -0.05) is 0 Å². The van der Waals surface area contributed by atoms with E-state index in [1.54, 1.807) is 0 Å². The van der Waals surface area contributed by atoms with E-state index in [1.807, 2.05) is 0 Å². The molecule has 0 spiro atoms. The van der Waals surface area contributed by atoms with Crippen molar-refractivity contribution in [1.29, 1.82) is 0 Å². The number of hydrogen-bond donors (Lipinski definition) is 2. The van der Waals surface area contributed by atoms with E-state index in [2.05, 4.69) is 20.7 Å². The number of anilines is 2. The normalized spacial score (nSPS) is 9.93. The van der Waals surface area contributed by atoms with E-state index in [9.17, 15) is 9.18 Å². The van der Waals surface area contributed by atoms with Crippen LogP contribution in [0, 0.1) is 5.82 Å². The van der Waals surface area contributed by atoms with E-state index >= 15 is 0 Å². The number of carbonyl (C=O) groups is 1. The van der Waals surface area contributed by atoms with Gasteiger partial charge in [-0.25, -0.2) is 9.18 Å². The summed E-state index contributed by atoms with van der Waals surface area (Å²) in [6.07, 6.45) is 0. The molecule has 6 heteroatoms. The van der Waals surface area contributed by atoms with Gasteiger partial charge in [-0.2, -0.15) is 0 Å². The average molecular weight is 263 g/mol. The van der Waals surface area contributed by atoms with E-state index in [-0.39, 0.29) is 21.4 Å². The standard InChI is InChI=1S/C8H8BrFN2O2/c1-14-8(13)5-6(10)3(9)2-4(11)7(5)12/h2H,11-12H2,1H3. The van der Waals surface area contributed by atoms with Crippen LogP contribution in [-0.4, -0.2) is 13.1 Å².